The summed E-state index contributed by atoms with van der Waals surface area (Å²) in [5.41, 5.74) is 0. The van der Waals surface area contributed by atoms with Gasteiger partial charge in [0.1, 0.15) is 91.6 Å². The van der Waals surface area contributed by atoms with Crippen LogP contribution in [-0.4, -0.2) is 221 Å². The van der Waals surface area contributed by atoms with Gasteiger partial charge >= 0.3 is 17.1 Å². The monoisotopic (exact) mass is 731 g/mol. The molecular formula is C21H39FeO24. The SMILES string of the molecule is O=C([O-])[C@H](O)[C@H](O)[C@H](O)[C@@H](O)[C@H](O)CO.O=C([O-])[C@H](O)[C@H](O)[C@H](O)[C@@H](O)[C@H](O)CO.O=C([O-])[C@H](O)[C@H](O)[C@H](O)[C@@H](O)[C@H](O)CO.[Fe+3]. The van der Waals surface area contributed by atoms with Crippen molar-refractivity contribution in [2.24, 2.45) is 0 Å². The number of carboxylic acids is 3. The molecule has 0 aromatic heterocycles. The minimum atomic E-state index is -2.40. The fourth-order valence-corrected chi connectivity index (χ4v) is 2.59. The first-order valence-corrected chi connectivity index (χ1v) is 12.1. The van der Waals surface area contributed by atoms with Crippen LogP contribution < -0.4 is 15.3 Å². The van der Waals surface area contributed by atoms with Gasteiger partial charge in [0.25, 0.3) is 0 Å². The fraction of sp³-hybridized carbons (Fsp3) is 0.857. The standard InChI is InChI=1S/3C7H14O8.Fe/c3*8-1-2(9)3(10)4(11)5(12)6(13)7(14)15;/h3*2-6,8-13H,1H2,(H,14,15);/q;;;+3/p-3/t3*2-,3+,4-,5-,6-;/m111./s1. The molecular weight excluding hydrogens is 692 g/mol. The zero-order valence-corrected chi connectivity index (χ0v) is 24.2. The molecule has 0 aliphatic rings. The van der Waals surface area contributed by atoms with Crippen molar-refractivity contribution in [3.8, 4) is 0 Å². The molecule has 0 bridgehead atoms. The normalized spacial score (nSPS) is 21.0. The van der Waals surface area contributed by atoms with Crippen LogP contribution in [0.1, 0.15) is 0 Å². The number of hydrogen-bond donors (Lipinski definition) is 18. The molecule has 18 N–H and O–H groups in total. The van der Waals surface area contributed by atoms with Gasteiger partial charge in [-0.25, -0.2) is 0 Å². The van der Waals surface area contributed by atoms with Crippen LogP contribution in [0.4, 0.5) is 0 Å². The van der Waals surface area contributed by atoms with Crippen LogP contribution in [0.3, 0.4) is 0 Å². The molecule has 0 rings (SSSR count). The number of carboxylic acid groups (broad SMARTS) is 3. The summed E-state index contributed by atoms with van der Waals surface area (Å²) in [4.78, 5) is 30.2. The van der Waals surface area contributed by atoms with E-state index < -0.39 is 129 Å². The second kappa shape index (κ2) is 25.3. The van der Waals surface area contributed by atoms with Gasteiger partial charge in [0.15, 0.2) is 0 Å². The summed E-state index contributed by atoms with van der Waals surface area (Å²) in [6.45, 7) is -2.69. The van der Waals surface area contributed by atoms with Gasteiger partial charge in [0, 0.05) is 0 Å². The predicted octanol–water partition coefficient (Wildman–Crippen LogP) is -16.4. The van der Waals surface area contributed by atoms with Crippen molar-refractivity contribution in [1.82, 2.24) is 0 Å². The second-order valence-electron chi connectivity index (χ2n) is 8.96. The molecule has 25 heteroatoms. The predicted molar refractivity (Wildman–Crippen MR) is 126 cm³/mol. The molecule has 0 spiro atoms. The van der Waals surface area contributed by atoms with Crippen LogP contribution in [0, 0.1) is 0 Å². The molecule has 0 aliphatic carbocycles. The third-order valence-electron chi connectivity index (χ3n) is 5.54. The first-order chi connectivity index (χ1) is 20.5. The third-order valence-corrected chi connectivity index (χ3v) is 5.54. The average molecular weight is 731 g/mol. The van der Waals surface area contributed by atoms with Crippen molar-refractivity contribution >= 4 is 17.9 Å². The van der Waals surface area contributed by atoms with Crippen molar-refractivity contribution in [2.45, 2.75) is 91.6 Å². The Hall–Kier alpha value is -1.79. The maximum atomic E-state index is 10.1. The quantitative estimate of drug-likeness (QED) is 0.0582. The number of hydrogen-bond acceptors (Lipinski definition) is 24. The Bertz CT molecular complexity index is 733. The van der Waals surface area contributed by atoms with E-state index in [-0.39, 0.29) is 17.1 Å². The van der Waals surface area contributed by atoms with Gasteiger partial charge in [-0.1, -0.05) is 0 Å². The number of aliphatic carboxylic acids is 3. The van der Waals surface area contributed by atoms with Crippen LogP contribution in [0.25, 0.3) is 0 Å². The zero-order chi connectivity index (χ0) is 36.5. The molecule has 15 atom stereocenters. The van der Waals surface area contributed by atoms with Gasteiger partial charge in [-0.15, -0.1) is 0 Å². The van der Waals surface area contributed by atoms with Crippen molar-refractivity contribution < 1.29 is 139 Å². The fourth-order valence-electron chi connectivity index (χ4n) is 2.59. The summed E-state index contributed by atoms with van der Waals surface area (Å²) >= 11 is 0. The summed E-state index contributed by atoms with van der Waals surface area (Å²) in [6, 6.07) is 0. The van der Waals surface area contributed by atoms with E-state index in [4.69, 9.17) is 91.9 Å². The molecule has 0 saturated heterocycles. The van der Waals surface area contributed by atoms with E-state index in [0.29, 0.717) is 0 Å². The first-order valence-electron chi connectivity index (χ1n) is 12.1. The molecule has 275 valence electrons. The Kier molecular flexibility index (Phi) is 28.0. The van der Waals surface area contributed by atoms with Crippen LogP contribution in [-0.2, 0) is 31.5 Å². The zero-order valence-electron chi connectivity index (χ0n) is 23.1. The van der Waals surface area contributed by atoms with E-state index in [1.165, 1.54) is 0 Å². The maximum Gasteiger partial charge on any atom is 3.00 e. The molecule has 0 saturated carbocycles. The van der Waals surface area contributed by atoms with Crippen LogP contribution in [0.15, 0.2) is 0 Å². The van der Waals surface area contributed by atoms with Crippen molar-refractivity contribution in [1.29, 1.82) is 0 Å². The Morgan fingerprint density at radius 3 is 0.609 bits per heavy atom. The molecule has 0 unspecified atom stereocenters. The summed E-state index contributed by atoms with van der Waals surface area (Å²) in [5, 5.41) is 190. The molecule has 0 aromatic carbocycles. The van der Waals surface area contributed by atoms with Crippen molar-refractivity contribution in [2.75, 3.05) is 19.8 Å². The summed E-state index contributed by atoms with van der Waals surface area (Å²) in [5.74, 6) is -6.10. The van der Waals surface area contributed by atoms with E-state index in [9.17, 15) is 29.7 Å². The molecule has 46 heavy (non-hydrogen) atoms. The Morgan fingerprint density at radius 1 is 0.348 bits per heavy atom. The number of carbonyl (C=O) groups is 3. The van der Waals surface area contributed by atoms with Gasteiger partial charge in [0.2, 0.25) is 0 Å². The van der Waals surface area contributed by atoms with E-state index in [0.717, 1.165) is 0 Å². The summed E-state index contributed by atoms with van der Waals surface area (Å²) in [6.07, 6.45) is -31.5. The van der Waals surface area contributed by atoms with Gasteiger partial charge in [-0.05, 0) is 0 Å². The molecule has 0 aliphatic heterocycles. The van der Waals surface area contributed by atoms with Gasteiger partial charge < -0.3 is 122 Å². The Balaban J connectivity index is -0.000000285. The van der Waals surface area contributed by atoms with E-state index >= 15 is 0 Å². The Morgan fingerprint density at radius 2 is 0.500 bits per heavy atom. The van der Waals surface area contributed by atoms with Crippen LogP contribution >= 0.6 is 0 Å². The molecule has 0 fully saturated rings. The summed E-state index contributed by atoms with van der Waals surface area (Å²) < 4.78 is 0. The number of aliphatic hydroxyl groups is 18. The maximum absolute atomic E-state index is 10.1. The van der Waals surface area contributed by atoms with Gasteiger partial charge in [-0.3, -0.25) is 0 Å². The van der Waals surface area contributed by atoms with Gasteiger partial charge in [0.05, 0.1) is 37.7 Å². The third kappa shape index (κ3) is 17.4. The van der Waals surface area contributed by atoms with E-state index in [1.807, 2.05) is 0 Å². The van der Waals surface area contributed by atoms with Crippen molar-refractivity contribution in [3.63, 3.8) is 0 Å². The van der Waals surface area contributed by atoms with Gasteiger partial charge in [-0.2, -0.15) is 0 Å². The molecule has 0 amide bonds. The smallest absolute Gasteiger partial charge is 0.547 e. The summed E-state index contributed by atoms with van der Waals surface area (Å²) in [7, 11) is 0. The molecule has 24 nitrogen and oxygen atoms in total. The average Bonchev–Trinajstić information content (AvgIpc) is 3.02. The minimum absolute atomic E-state index is 0. The molecule has 0 aromatic rings. The largest absolute Gasteiger partial charge is 3.00 e. The van der Waals surface area contributed by atoms with Crippen LogP contribution in [0.2, 0.25) is 0 Å². The van der Waals surface area contributed by atoms with Crippen LogP contribution in [0.5, 0.6) is 0 Å². The second-order valence-corrected chi connectivity index (χ2v) is 8.96. The molecule has 1 radical (unpaired) electrons. The Labute approximate surface area is 268 Å². The number of rotatable bonds is 18. The number of aliphatic hydroxyl groups excluding tert-OH is 18. The topological polar surface area (TPSA) is 485 Å². The van der Waals surface area contributed by atoms with E-state index in [1.54, 1.807) is 0 Å². The van der Waals surface area contributed by atoms with Crippen molar-refractivity contribution in [3.05, 3.63) is 0 Å². The van der Waals surface area contributed by atoms with E-state index in [2.05, 4.69) is 0 Å². The number of carbonyl (C=O) groups excluding carboxylic acids is 3. The first kappa shape index (κ1) is 51.1. The molecule has 0 heterocycles. The minimum Gasteiger partial charge on any atom is -0.547 e.